The normalized spacial score (nSPS) is 27.2. The van der Waals surface area contributed by atoms with Crippen LogP contribution in [0.25, 0.3) is 0 Å². The van der Waals surface area contributed by atoms with Gasteiger partial charge in [-0.1, -0.05) is 18.6 Å². The van der Waals surface area contributed by atoms with E-state index < -0.39 is 0 Å². The first-order valence-corrected chi connectivity index (χ1v) is 7.54. The SMILES string of the molecule is CCCC(N)c1cn(C2CCOC3(CCC3)C2)nn1. The van der Waals surface area contributed by atoms with Gasteiger partial charge in [0.05, 0.1) is 29.6 Å². The fourth-order valence-electron chi connectivity index (χ4n) is 3.24. The van der Waals surface area contributed by atoms with Crippen LogP contribution in [0.5, 0.6) is 0 Å². The van der Waals surface area contributed by atoms with Gasteiger partial charge in [-0.25, -0.2) is 4.68 Å². The lowest BCUT2D eigenvalue weighted by molar-refractivity contribution is -0.141. The standard InChI is InChI=1S/C14H24N4O/c1-2-4-12(15)13-10-18(17-16-13)11-5-8-19-14(9-11)6-3-7-14/h10-12H,2-9,15H2,1H3. The zero-order chi connectivity index (χ0) is 13.3. The number of aromatic nitrogens is 3. The monoisotopic (exact) mass is 264 g/mol. The number of rotatable bonds is 4. The fraction of sp³-hybridized carbons (Fsp3) is 0.857. The number of ether oxygens (including phenoxy) is 1. The highest BCUT2D eigenvalue weighted by Gasteiger charge is 2.43. The third-order valence-electron chi connectivity index (χ3n) is 4.61. The van der Waals surface area contributed by atoms with Crippen molar-refractivity contribution in [3.05, 3.63) is 11.9 Å². The maximum absolute atomic E-state index is 6.10. The van der Waals surface area contributed by atoms with Crippen molar-refractivity contribution in [1.82, 2.24) is 15.0 Å². The van der Waals surface area contributed by atoms with Gasteiger partial charge >= 0.3 is 0 Å². The molecule has 1 saturated carbocycles. The van der Waals surface area contributed by atoms with Gasteiger partial charge < -0.3 is 10.5 Å². The van der Waals surface area contributed by atoms with Gasteiger partial charge in [0.15, 0.2) is 0 Å². The van der Waals surface area contributed by atoms with Gasteiger partial charge in [0.1, 0.15) is 0 Å². The van der Waals surface area contributed by atoms with E-state index in [1.807, 2.05) is 10.9 Å². The fourth-order valence-corrected chi connectivity index (χ4v) is 3.24. The molecule has 2 aliphatic rings. The summed E-state index contributed by atoms with van der Waals surface area (Å²) in [5, 5.41) is 8.55. The van der Waals surface area contributed by atoms with Crippen molar-refractivity contribution in [3.63, 3.8) is 0 Å². The molecule has 2 heterocycles. The molecule has 2 unspecified atom stereocenters. The molecule has 2 atom stereocenters. The summed E-state index contributed by atoms with van der Waals surface area (Å²) >= 11 is 0. The molecule has 1 aliphatic heterocycles. The first-order valence-electron chi connectivity index (χ1n) is 7.54. The zero-order valence-corrected chi connectivity index (χ0v) is 11.7. The molecule has 0 bridgehead atoms. The minimum absolute atomic E-state index is 0.0243. The molecular formula is C14H24N4O. The lowest BCUT2D eigenvalue weighted by atomic mass is 9.74. The summed E-state index contributed by atoms with van der Waals surface area (Å²) in [5.74, 6) is 0. The van der Waals surface area contributed by atoms with E-state index in [1.54, 1.807) is 0 Å². The molecular weight excluding hydrogens is 240 g/mol. The van der Waals surface area contributed by atoms with Crippen LogP contribution in [-0.4, -0.2) is 27.2 Å². The molecule has 1 aliphatic carbocycles. The predicted molar refractivity (Wildman–Crippen MR) is 72.7 cm³/mol. The van der Waals surface area contributed by atoms with E-state index >= 15 is 0 Å². The average Bonchev–Trinajstić information content (AvgIpc) is 2.87. The first-order chi connectivity index (χ1) is 9.22. The van der Waals surface area contributed by atoms with Crippen LogP contribution in [0.4, 0.5) is 0 Å². The first kappa shape index (κ1) is 13.1. The Morgan fingerprint density at radius 1 is 1.58 bits per heavy atom. The van der Waals surface area contributed by atoms with Crippen LogP contribution in [-0.2, 0) is 4.74 Å². The lowest BCUT2D eigenvalue weighted by Crippen LogP contribution is -2.46. The van der Waals surface area contributed by atoms with Crippen molar-refractivity contribution in [2.45, 2.75) is 69.6 Å². The molecule has 19 heavy (non-hydrogen) atoms. The summed E-state index contributed by atoms with van der Waals surface area (Å²) in [6.07, 6.45) is 9.93. The summed E-state index contributed by atoms with van der Waals surface area (Å²) in [4.78, 5) is 0. The van der Waals surface area contributed by atoms with Crippen LogP contribution in [0, 0.1) is 0 Å². The number of nitrogens with zero attached hydrogens (tertiary/aromatic N) is 3. The van der Waals surface area contributed by atoms with Crippen LogP contribution in [0.15, 0.2) is 6.20 Å². The molecule has 0 amide bonds. The number of hydrogen-bond acceptors (Lipinski definition) is 4. The van der Waals surface area contributed by atoms with Gasteiger partial charge in [-0.2, -0.15) is 0 Å². The summed E-state index contributed by atoms with van der Waals surface area (Å²) in [6.45, 7) is 2.99. The van der Waals surface area contributed by atoms with Gasteiger partial charge in [0.2, 0.25) is 0 Å². The van der Waals surface area contributed by atoms with Crippen molar-refractivity contribution in [2.75, 3.05) is 6.61 Å². The maximum Gasteiger partial charge on any atom is 0.0994 e. The van der Waals surface area contributed by atoms with Crippen molar-refractivity contribution >= 4 is 0 Å². The van der Waals surface area contributed by atoms with E-state index in [4.69, 9.17) is 10.5 Å². The highest BCUT2D eigenvalue weighted by Crippen LogP contribution is 2.45. The summed E-state index contributed by atoms with van der Waals surface area (Å²) in [5.41, 5.74) is 7.18. The molecule has 1 saturated heterocycles. The summed E-state index contributed by atoms with van der Waals surface area (Å²) in [7, 11) is 0. The zero-order valence-electron chi connectivity index (χ0n) is 11.7. The van der Waals surface area contributed by atoms with Crippen LogP contribution < -0.4 is 5.73 Å². The number of nitrogens with two attached hydrogens (primary N) is 1. The lowest BCUT2D eigenvalue weighted by Gasteiger charge is -2.47. The van der Waals surface area contributed by atoms with Crippen LogP contribution >= 0.6 is 0 Å². The van der Waals surface area contributed by atoms with Crippen molar-refractivity contribution < 1.29 is 4.74 Å². The van der Waals surface area contributed by atoms with Crippen LogP contribution in [0.3, 0.4) is 0 Å². The highest BCUT2D eigenvalue weighted by molar-refractivity contribution is 5.02. The molecule has 1 aromatic rings. The molecule has 2 N–H and O–H groups in total. The van der Waals surface area contributed by atoms with Crippen molar-refractivity contribution in [2.24, 2.45) is 5.73 Å². The van der Waals surface area contributed by atoms with E-state index in [-0.39, 0.29) is 11.6 Å². The Hall–Kier alpha value is -0.940. The number of hydrogen-bond donors (Lipinski definition) is 1. The molecule has 0 radical (unpaired) electrons. The highest BCUT2D eigenvalue weighted by atomic mass is 16.5. The van der Waals surface area contributed by atoms with Gasteiger partial charge in [0, 0.05) is 6.61 Å². The second kappa shape index (κ2) is 5.21. The van der Waals surface area contributed by atoms with Crippen molar-refractivity contribution in [1.29, 1.82) is 0 Å². The van der Waals surface area contributed by atoms with E-state index in [2.05, 4.69) is 17.2 Å². The summed E-state index contributed by atoms with van der Waals surface area (Å²) in [6, 6.07) is 0.459. The predicted octanol–water partition coefficient (Wildman–Crippen LogP) is 2.35. The molecule has 2 fully saturated rings. The Bertz CT molecular complexity index is 427. The minimum atomic E-state index is 0.0243. The molecule has 5 nitrogen and oxygen atoms in total. The molecule has 0 aromatic carbocycles. The second-order valence-corrected chi connectivity index (χ2v) is 6.05. The van der Waals surface area contributed by atoms with Gasteiger partial charge in [-0.15, -0.1) is 5.10 Å². The topological polar surface area (TPSA) is 66.0 Å². The molecule has 5 heteroatoms. The van der Waals surface area contributed by atoms with Crippen LogP contribution in [0.2, 0.25) is 0 Å². The Balaban J connectivity index is 1.68. The van der Waals surface area contributed by atoms with E-state index in [0.717, 1.165) is 38.0 Å². The third-order valence-corrected chi connectivity index (χ3v) is 4.61. The molecule has 106 valence electrons. The van der Waals surface area contributed by atoms with E-state index in [9.17, 15) is 0 Å². The second-order valence-electron chi connectivity index (χ2n) is 6.05. The Morgan fingerprint density at radius 2 is 2.42 bits per heavy atom. The third kappa shape index (κ3) is 2.54. The van der Waals surface area contributed by atoms with Gasteiger partial charge in [0.25, 0.3) is 0 Å². The Kier molecular flexibility index (Phi) is 3.58. The molecule has 1 spiro atoms. The maximum atomic E-state index is 6.10. The Labute approximate surface area is 114 Å². The van der Waals surface area contributed by atoms with Gasteiger partial charge in [-0.05, 0) is 38.5 Å². The molecule has 1 aromatic heterocycles. The minimum Gasteiger partial charge on any atom is -0.375 e. The Morgan fingerprint density at radius 3 is 3.11 bits per heavy atom. The van der Waals surface area contributed by atoms with Crippen molar-refractivity contribution in [3.8, 4) is 0 Å². The van der Waals surface area contributed by atoms with Gasteiger partial charge in [-0.3, -0.25) is 0 Å². The smallest absolute Gasteiger partial charge is 0.0994 e. The average molecular weight is 264 g/mol. The van der Waals surface area contributed by atoms with E-state index in [1.165, 1.54) is 19.3 Å². The quantitative estimate of drug-likeness (QED) is 0.906. The molecule has 3 rings (SSSR count). The van der Waals surface area contributed by atoms with E-state index in [0.29, 0.717) is 6.04 Å². The summed E-state index contributed by atoms with van der Waals surface area (Å²) < 4.78 is 7.98. The van der Waals surface area contributed by atoms with Crippen LogP contribution in [0.1, 0.15) is 69.6 Å². The largest absolute Gasteiger partial charge is 0.375 e.